The minimum atomic E-state index is -0.848. The molecule has 17 heavy (non-hydrogen) atoms. The summed E-state index contributed by atoms with van der Waals surface area (Å²) in [5.41, 5.74) is -0.143. The molecule has 0 saturated carbocycles. The van der Waals surface area contributed by atoms with Crippen LogP contribution in [0.15, 0.2) is 0 Å². The van der Waals surface area contributed by atoms with Crippen molar-refractivity contribution in [3.63, 3.8) is 0 Å². The Bertz CT molecular complexity index is 402. The maximum atomic E-state index is 9.68. The second kappa shape index (κ2) is 5.46. The monoisotopic (exact) mass is 246 g/mol. The molecule has 0 aromatic heterocycles. The van der Waals surface area contributed by atoms with E-state index in [-0.39, 0.29) is 31.8 Å². The van der Waals surface area contributed by atoms with Gasteiger partial charge in [0.2, 0.25) is 17.2 Å². The molecule has 0 aliphatic carbocycles. The third-order valence-corrected chi connectivity index (χ3v) is 2.15. The first-order valence-electron chi connectivity index (χ1n) is 4.87. The Morgan fingerprint density at radius 2 is 1.41 bits per heavy atom. The lowest BCUT2D eigenvalue weighted by Crippen LogP contribution is -2.03. The first-order valence-corrected chi connectivity index (χ1v) is 4.87. The van der Waals surface area contributed by atoms with Gasteiger partial charge in [-0.25, -0.2) is 0 Å². The molecule has 1 aromatic carbocycles. The molecular weight excluding hydrogens is 232 g/mol. The quantitative estimate of drug-likeness (QED) is 0.302. The number of ether oxygens (including phenoxy) is 1. The highest BCUT2D eigenvalue weighted by atomic mass is 16.5. The lowest BCUT2D eigenvalue weighted by molar-refractivity contribution is 0.190. The molecule has 0 spiro atoms. The van der Waals surface area contributed by atoms with E-state index in [1.54, 1.807) is 0 Å². The van der Waals surface area contributed by atoms with Crippen molar-refractivity contribution in [3.8, 4) is 28.7 Å². The van der Waals surface area contributed by atoms with Gasteiger partial charge in [-0.15, -0.1) is 0 Å². The molecule has 0 unspecified atom stereocenters. The Kier molecular flexibility index (Phi) is 4.24. The van der Waals surface area contributed by atoms with Crippen molar-refractivity contribution in [1.82, 2.24) is 0 Å². The average molecular weight is 246 g/mol. The van der Waals surface area contributed by atoms with E-state index < -0.39 is 28.7 Å². The topological polar surface area (TPSA) is 131 Å². The van der Waals surface area contributed by atoms with E-state index >= 15 is 0 Å². The van der Waals surface area contributed by atoms with Crippen LogP contribution < -0.4 is 4.74 Å². The van der Waals surface area contributed by atoms with Crippen molar-refractivity contribution in [2.45, 2.75) is 6.42 Å². The molecule has 96 valence electrons. The van der Waals surface area contributed by atoms with Crippen molar-refractivity contribution >= 4 is 0 Å². The van der Waals surface area contributed by atoms with Crippen LogP contribution in [-0.4, -0.2) is 50.5 Å². The smallest absolute Gasteiger partial charge is 0.208 e. The molecule has 0 aliphatic rings. The predicted octanol–water partition coefficient (Wildman–Crippen LogP) is -0.585. The highest BCUT2D eigenvalue weighted by molar-refractivity contribution is 5.68. The molecule has 0 aliphatic heterocycles. The fraction of sp³-hybridized carbons (Fsp3) is 0.400. The van der Waals surface area contributed by atoms with Crippen LogP contribution in [0.2, 0.25) is 0 Å². The van der Waals surface area contributed by atoms with Crippen LogP contribution >= 0.6 is 0 Å². The van der Waals surface area contributed by atoms with Gasteiger partial charge in [-0.1, -0.05) is 0 Å². The number of benzene rings is 1. The third-order valence-electron chi connectivity index (χ3n) is 2.15. The molecular formula is C10H14O7. The SMILES string of the molecule is OCCOc1c(O)c(O)c(O)c(CCO)c1O. The lowest BCUT2D eigenvalue weighted by Gasteiger charge is -2.15. The second-order valence-corrected chi connectivity index (χ2v) is 3.25. The number of hydrogen-bond acceptors (Lipinski definition) is 7. The van der Waals surface area contributed by atoms with Gasteiger partial charge in [0.05, 0.1) is 6.61 Å². The maximum Gasteiger partial charge on any atom is 0.208 e. The average Bonchev–Trinajstić information content (AvgIpc) is 2.32. The van der Waals surface area contributed by atoms with E-state index in [9.17, 15) is 20.4 Å². The Balaban J connectivity index is 3.28. The van der Waals surface area contributed by atoms with Gasteiger partial charge in [0, 0.05) is 18.6 Å². The first-order chi connectivity index (χ1) is 8.04. The standard InChI is InChI=1S/C10H14O7/c11-2-1-5-6(13)8(15)9(16)10(7(5)14)17-4-3-12/h11-16H,1-4H2. The molecule has 1 rings (SSSR count). The van der Waals surface area contributed by atoms with E-state index in [0.29, 0.717) is 0 Å². The van der Waals surface area contributed by atoms with Gasteiger partial charge in [0.15, 0.2) is 11.5 Å². The van der Waals surface area contributed by atoms with Crippen LogP contribution in [0.5, 0.6) is 28.7 Å². The maximum absolute atomic E-state index is 9.68. The van der Waals surface area contributed by atoms with Gasteiger partial charge in [0.1, 0.15) is 6.61 Å². The van der Waals surface area contributed by atoms with Crippen molar-refractivity contribution < 1.29 is 35.4 Å². The summed E-state index contributed by atoms with van der Waals surface area (Å²) in [5.74, 6) is -3.42. The molecule has 0 heterocycles. The van der Waals surface area contributed by atoms with Gasteiger partial charge < -0.3 is 35.4 Å². The molecule has 0 radical (unpaired) electrons. The van der Waals surface area contributed by atoms with Gasteiger partial charge in [-0.3, -0.25) is 0 Å². The lowest BCUT2D eigenvalue weighted by atomic mass is 10.1. The van der Waals surface area contributed by atoms with E-state index in [2.05, 4.69) is 0 Å². The minimum absolute atomic E-state index is 0.124. The Morgan fingerprint density at radius 3 is 1.94 bits per heavy atom. The van der Waals surface area contributed by atoms with Crippen molar-refractivity contribution in [1.29, 1.82) is 0 Å². The van der Waals surface area contributed by atoms with E-state index in [4.69, 9.17) is 14.9 Å². The first kappa shape index (κ1) is 13.2. The van der Waals surface area contributed by atoms with Crippen molar-refractivity contribution in [2.75, 3.05) is 19.8 Å². The normalized spacial score (nSPS) is 10.5. The van der Waals surface area contributed by atoms with Crippen LogP contribution in [-0.2, 0) is 6.42 Å². The number of aliphatic hydroxyl groups is 2. The van der Waals surface area contributed by atoms with Crippen LogP contribution in [0.4, 0.5) is 0 Å². The second-order valence-electron chi connectivity index (χ2n) is 3.25. The van der Waals surface area contributed by atoms with E-state index in [1.807, 2.05) is 0 Å². The fourth-order valence-corrected chi connectivity index (χ4v) is 1.36. The molecule has 0 atom stereocenters. The summed E-state index contributed by atoms with van der Waals surface area (Å²) >= 11 is 0. The number of rotatable bonds is 5. The fourth-order valence-electron chi connectivity index (χ4n) is 1.36. The highest BCUT2D eigenvalue weighted by Gasteiger charge is 2.24. The Hall–Kier alpha value is -1.86. The zero-order valence-corrected chi connectivity index (χ0v) is 8.92. The summed E-state index contributed by atoms with van der Waals surface area (Å²) in [7, 11) is 0. The summed E-state index contributed by atoms with van der Waals surface area (Å²) in [6, 6.07) is 0. The number of phenolic OH excluding ortho intramolecular Hbond substituents is 4. The summed E-state index contributed by atoms with van der Waals surface area (Å²) in [4.78, 5) is 0. The number of hydrogen-bond donors (Lipinski definition) is 6. The van der Waals surface area contributed by atoms with E-state index in [0.717, 1.165) is 0 Å². The molecule has 0 amide bonds. The highest BCUT2D eigenvalue weighted by Crippen LogP contribution is 2.51. The molecule has 7 heteroatoms. The van der Waals surface area contributed by atoms with Crippen LogP contribution in [0.1, 0.15) is 5.56 Å². The Labute approximate surface area is 96.8 Å². The molecule has 1 aromatic rings. The van der Waals surface area contributed by atoms with Gasteiger partial charge in [-0.2, -0.15) is 0 Å². The molecule has 0 saturated heterocycles. The van der Waals surface area contributed by atoms with Gasteiger partial charge >= 0.3 is 0 Å². The van der Waals surface area contributed by atoms with Crippen molar-refractivity contribution in [3.05, 3.63) is 5.56 Å². The van der Waals surface area contributed by atoms with Crippen LogP contribution in [0.3, 0.4) is 0 Å². The number of aliphatic hydroxyl groups excluding tert-OH is 2. The summed E-state index contributed by atoms with van der Waals surface area (Å²) in [5, 5.41) is 55.3. The van der Waals surface area contributed by atoms with E-state index in [1.165, 1.54) is 0 Å². The largest absolute Gasteiger partial charge is 0.504 e. The zero-order chi connectivity index (χ0) is 13.0. The Morgan fingerprint density at radius 1 is 0.765 bits per heavy atom. The molecule has 7 nitrogen and oxygen atoms in total. The molecule has 6 N–H and O–H groups in total. The number of aromatic hydroxyl groups is 4. The van der Waals surface area contributed by atoms with Crippen molar-refractivity contribution in [2.24, 2.45) is 0 Å². The summed E-state index contributed by atoms with van der Waals surface area (Å²) in [6.07, 6.45) is -0.124. The molecule has 0 fully saturated rings. The zero-order valence-electron chi connectivity index (χ0n) is 8.92. The van der Waals surface area contributed by atoms with Crippen LogP contribution in [0.25, 0.3) is 0 Å². The minimum Gasteiger partial charge on any atom is -0.504 e. The van der Waals surface area contributed by atoms with Gasteiger partial charge in [0.25, 0.3) is 0 Å². The van der Waals surface area contributed by atoms with Crippen LogP contribution in [0, 0.1) is 0 Å². The van der Waals surface area contributed by atoms with Gasteiger partial charge in [-0.05, 0) is 0 Å². The summed E-state index contributed by atoms with van der Waals surface area (Å²) < 4.78 is 4.84. The number of phenols is 4. The predicted molar refractivity (Wildman–Crippen MR) is 56.5 cm³/mol. The summed E-state index contributed by atoms with van der Waals surface area (Å²) in [6.45, 7) is -0.926. The third kappa shape index (κ3) is 2.45. The molecule has 0 bridgehead atoms.